The molecular weight excluding hydrogens is 318 g/mol. The van der Waals surface area contributed by atoms with Crippen molar-refractivity contribution in [3.05, 3.63) is 66.3 Å². The lowest BCUT2D eigenvalue weighted by Gasteiger charge is -2.05. The van der Waals surface area contributed by atoms with Gasteiger partial charge in [-0.3, -0.25) is 4.79 Å². The maximum Gasteiger partial charge on any atom is 0.220 e. The minimum Gasteiger partial charge on any atom is -0.481 e. The monoisotopic (exact) mass is 337 g/mol. The molecule has 0 fully saturated rings. The molecule has 0 unspecified atom stereocenters. The van der Waals surface area contributed by atoms with Gasteiger partial charge in [0.1, 0.15) is 0 Å². The number of oxazole rings is 1. The number of amides is 1. The SMILES string of the molecule is COc1ccc(CNC(=O)CCc2ncc(-c3ccccc3)o2)cn1. The lowest BCUT2D eigenvalue weighted by atomic mass is 10.2. The largest absolute Gasteiger partial charge is 0.481 e. The van der Waals surface area contributed by atoms with Crippen molar-refractivity contribution in [3.63, 3.8) is 0 Å². The maximum absolute atomic E-state index is 12.0. The van der Waals surface area contributed by atoms with E-state index in [4.69, 9.17) is 9.15 Å². The van der Waals surface area contributed by atoms with Crippen LogP contribution < -0.4 is 10.1 Å². The highest BCUT2D eigenvalue weighted by atomic mass is 16.5. The first-order valence-corrected chi connectivity index (χ1v) is 8.00. The van der Waals surface area contributed by atoms with Crippen molar-refractivity contribution in [1.82, 2.24) is 15.3 Å². The van der Waals surface area contributed by atoms with Gasteiger partial charge in [0.15, 0.2) is 11.7 Å². The number of pyridine rings is 1. The Morgan fingerprint density at radius 2 is 1.96 bits per heavy atom. The molecule has 25 heavy (non-hydrogen) atoms. The quantitative estimate of drug-likeness (QED) is 0.717. The number of hydrogen-bond donors (Lipinski definition) is 1. The number of aromatic nitrogens is 2. The molecule has 2 heterocycles. The van der Waals surface area contributed by atoms with Crippen LogP contribution in [0.4, 0.5) is 0 Å². The average Bonchev–Trinajstić information content (AvgIpc) is 3.15. The van der Waals surface area contributed by atoms with Gasteiger partial charge >= 0.3 is 0 Å². The van der Waals surface area contributed by atoms with Crippen LogP contribution in [0.15, 0.2) is 59.3 Å². The van der Waals surface area contributed by atoms with Gasteiger partial charge in [-0.05, 0) is 5.56 Å². The predicted octanol–water partition coefficient (Wildman–Crippen LogP) is 2.99. The molecular formula is C19H19N3O3. The summed E-state index contributed by atoms with van der Waals surface area (Å²) in [6.45, 7) is 0.427. The van der Waals surface area contributed by atoms with Crippen LogP contribution in [0.1, 0.15) is 17.9 Å². The van der Waals surface area contributed by atoms with E-state index in [1.165, 1.54) is 0 Å². The van der Waals surface area contributed by atoms with Gasteiger partial charge in [0, 0.05) is 37.2 Å². The molecule has 0 bridgehead atoms. The summed E-state index contributed by atoms with van der Waals surface area (Å²) in [4.78, 5) is 20.3. The first-order valence-electron chi connectivity index (χ1n) is 8.00. The Kier molecular flexibility index (Phi) is 5.41. The molecule has 0 radical (unpaired) electrons. The second-order valence-corrected chi connectivity index (χ2v) is 5.47. The Hall–Kier alpha value is -3.15. The molecule has 0 spiro atoms. The second kappa shape index (κ2) is 8.10. The molecule has 1 amide bonds. The molecule has 0 saturated carbocycles. The maximum atomic E-state index is 12.0. The number of hydrogen-bond acceptors (Lipinski definition) is 5. The molecule has 128 valence electrons. The van der Waals surface area contributed by atoms with Gasteiger partial charge < -0.3 is 14.5 Å². The van der Waals surface area contributed by atoms with Crippen molar-refractivity contribution in [2.75, 3.05) is 7.11 Å². The number of carbonyl (C=O) groups excluding carboxylic acids is 1. The van der Waals surface area contributed by atoms with Crippen molar-refractivity contribution in [2.24, 2.45) is 0 Å². The third kappa shape index (κ3) is 4.67. The highest BCUT2D eigenvalue weighted by molar-refractivity contribution is 5.76. The molecule has 0 aliphatic carbocycles. The fraction of sp³-hybridized carbons (Fsp3) is 0.211. The van der Waals surface area contributed by atoms with E-state index >= 15 is 0 Å². The van der Waals surface area contributed by atoms with Gasteiger partial charge in [-0.15, -0.1) is 0 Å². The number of ether oxygens (including phenoxy) is 1. The normalized spacial score (nSPS) is 10.4. The zero-order valence-corrected chi connectivity index (χ0v) is 13.9. The highest BCUT2D eigenvalue weighted by Gasteiger charge is 2.09. The Morgan fingerprint density at radius 1 is 1.12 bits per heavy atom. The third-order valence-corrected chi connectivity index (χ3v) is 3.67. The molecule has 1 N–H and O–H groups in total. The Balaban J connectivity index is 1.46. The Morgan fingerprint density at radius 3 is 2.68 bits per heavy atom. The molecule has 0 aliphatic heterocycles. The molecule has 1 aromatic carbocycles. The molecule has 2 aromatic heterocycles. The fourth-order valence-corrected chi connectivity index (χ4v) is 2.31. The summed E-state index contributed by atoms with van der Waals surface area (Å²) in [5, 5.41) is 2.86. The summed E-state index contributed by atoms with van der Waals surface area (Å²) in [7, 11) is 1.57. The van der Waals surface area contributed by atoms with Crippen LogP contribution in [0.5, 0.6) is 5.88 Å². The van der Waals surface area contributed by atoms with Crippen molar-refractivity contribution in [2.45, 2.75) is 19.4 Å². The van der Waals surface area contributed by atoms with E-state index in [2.05, 4.69) is 15.3 Å². The van der Waals surface area contributed by atoms with Crippen molar-refractivity contribution < 1.29 is 13.9 Å². The Labute approximate surface area is 145 Å². The third-order valence-electron chi connectivity index (χ3n) is 3.67. The van der Waals surface area contributed by atoms with Crippen molar-refractivity contribution >= 4 is 5.91 Å². The number of benzene rings is 1. The molecule has 0 saturated heterocycles. The molecule has 3 rings (SSSR count). The summed E-state index contributed by atoms with van der Waals surface area (Å²) in [6.07, 6.45) is 4.14. The number of carbonyl (C=O) groups is 1. The van der Waals surface area contributed by atoms with Gasteiger partial charge in [-0.1, -0.05) is 36.4 Å². The molecule has 6 nitrogen and oxygen atoms in total. The number of rotatable bonds is 7. The minimum absolute atomic E-state index is 0.0599. The fourth-order valence-electron chi connectivity index (χ4n) is 2.31. The van der Waals surface area contributed by atoms with E-state index in [1.807, 2.05) is 36.4 Å². The van der Waals surface area contributed by atoms with E-state index in [9.17, 15) is 4.79 Å². The lowest BCUT2D eigenvalue weighted by Crippen LogP contribution is -2.23. The van der Waals surface area contributed by atoms with E-state index in [-0.39, 0.29) is 5.91 Å². The van der Waals surface area contributed by atoms with E-state index < -0.39 is 0 Å². The summed E-state index contributed by atoms with van der Waals surface area (Å²) >= 11 is 0. The highest BCUT2D eigenvalue weighted by Crippen LogP contribution is 2.20. The standard InChI is InChI=1S/C19H19N3O3/c1-24-18-9-7-14(12-21-18)11-20-17(23)8-10-19-22-13-16(25-19)15-5-3-2-4-6-15/h2-7,9,12-13H,8,10-11H2,1H3,(H,20,23). The summed E-state index contributed by atoms with van der Waals surface area (Å²) in [6, 6.07) is 13.4. The zero-order valence-electron chi connectivity index (χ0n) is 13.9. The van der Waals surface area contributed by atoms with E-state index in [1.54, 1.807) is 25.6 Å². The van der Waals surface area contributed by atoms with Crippen LogP contribution in [0.25, 0.3) is 11.3 Å². The summed E-state index contributed by atoms with van der Waals surface area (Å²) in [5.74, 6) is 1.75. The van der Waals surface area contributed by atoms with Gasteiger partial charge in [0.05, 0.1) is 13.3 Å². The topological polar surface area (TPSA) is 77.2 Å². The van der Waals surface area contributed by atoms with Gasteiger partial charge in [0.25, 0.3) is 0 Å². The van der Waals surface area contributed by atoms with Crippen LogP contribution in [0, 0.1) is 0 Å². The van der Waals surface area contributed by atoms with Crippen LogP contribution in [-0.2, 0) is 17.8 Å². The number of methoxy groups -OCH3 is 1. The second-order valence-electron chi connectivity index (χ2n) is 5.47. The van der Waals surface area contributed by atoms with E-state index in [0.717, 1.165) is 11.1 Å². The zero-order chi connectivity index (χ0) is 17.5. The summed E-state index contributed by atoms with van der Waals surface area (Å²) in [5.41, 5.74) is 1.88. The smallest absolute Gasteiger partial charge is 0.220 e. The predicted molar refractivity (Wildman–Crippen MR) is 92.9 cm³/mol. The minimum atomic E-state index is -0.0599. The van der Waals surface area contributed by atoms with Crippen molar-refractivity contribution in [3.8, 4) is 17.2 Å². The average molecular weight is 337 g/mol. The number of nitrogens with zero attached hydrogens (tertiary/aromatic N) is 2. The molecule has 0 atom stereocenters. The summed E-state index contributed by atoms with van der Waals surface area (Å²) < 4.78 is 10.7. The van der Waals surface area contributed by atoms with E-state index in [0.29, 0.717) is 36.9 Å². The van der Waals surface area contributed by atoms with Crippen molar-refractivity contribution in [1.29, 1.82) is 0 Å². The number of aryl methyl sites for hydroxylation is 1. The molecule has 3 aromatic rings. The van der Waals surface area contributed by atoms with Crippen LogP contribution in [0.3, 0.4) is 0 Å². The van der Waals surface area contributed by atoms with Gasteiger partial charge in [-0.2, -0.15) is 0 Å². The van der Waals surface area contributed by atoms with Crippen LogP contribution >= 0.6 is 0 Å². The first-order chi connectivity index (χ1) is 12.2. The number of nitrogens with one attached hydrogen (secondary N) is 1. The Bertz CT molecular complexity index is 813. The van der Waals surface area contributed by atoms with Gasteiger partial charge in [-0.25, -0.2) is 9.97 Å². The van der Waals surface area contributed by atoms with Crippen LogP contribution in [-0.4, -0.2) is 23.0 Å². The van der Waals surface area contributed by atoms with Crippen LogP contribution in [0.2, 0.25) is 0 Å². The van der Waals surface area contributed by atoms with Gasteiger partial charge in [0.2, 0.25) is 11.8 Å². The lowest BCUT2D eigenvalue weighted by molar-refractivity contribution is -0.121. The first kappa shape index (κ1) is 16.7. The molecule has 6 heteroatoms. The molecule has 0 aliphatic rings.